The number of ether oxygens (including phenoxy) is 1. The number of nitrogens with one attached hydrogen (secondary N) is 1. The highest BCUT2D eigenvalue weighted by atomic mass is 16.6. The van der Waals surface area contributed by atoms with Crippen molar-refractivity contribution in [1.29, 1.82) is 0 Å². The first-order valence-corrected chi connectivity index (χ1v) is 8.34. The molecule has 29 heavy (non-hydrogen) atoms. The van der Waals surface area contributed by atoms with Crippen LogP contribution in [-0.4, -0.2) is 30.1 Å². The van der Waals surface area contributed by atoms with Gasteiger partial charge in [-0.25, -0.2) is 10.2 Å². The first-order valence-electron chi connectivity index (χ1n) is 8.34. The molecule has 1 amide bonds. The average molecular weight is 393 g/mol. The van der Waals surface area contributed by atoms with Gasteiger partial charge in [0.15, 0.2) is 0 Å². The highest BCUT2D eigenvalue weighted by Crippen LogP contribution is 2.23. The summed E-state index contributed by atoms with van der Waals surface area (Å²) in [5, 5.41) is 14.6. The molecule has 2 aromatic carbocycles. The Morgan fingerprint density at radius 2 is 1.86 bits per heavy atom. The first-order chi connectivity index (χ1) is 14.0. The maximum atomic E-state index is 12.0. The van der Waals surface area contributed by atoms with Gasteiger partial charge in [0, 0.05) is 23.3 Å². The van der Waals surface area contributed by atoms with E-state index in [1.807, 2.05) is 0 Å². The third kappa shape index (κ3) is 4.72. The summed E-state index contributed by atoms with van der Waals surface area (Å²) in [5.74, 6) is -0.184. The predicted octanol–water partition coefficient (Wildman–Crippen LogP) is 3.41. The maximum absolute atomic E-state index is 12.0. The molecule has 0 aliphatic rings. The van der Waals surface area contributed by atoms with E-state index in [1.54, 1.807) is 36.4 Å². The Balaban J connectivity index is 1.68. The van der Waals surface area contributed by atoms with Gasteiger partial charge in [0.05, 0.1) is 23.8 Å². The number of nitro benzene ring substituents is 1. The van der Waals surface area contributed by atoms with Crippen LogP contribution < -0.4 is 5.43 Å². The zero-order chi connectivity index (χ0) is 20.8. The SMILES string of the molecule is COC(=O)c1cccc(-c2ccc(/C=N/NC(=O)c3cccc([N+](=O)[O-])c3)o2)c1. The largest absolute Gasteiger partial charge is 0.465 e. The van der Waals surface area contributed by atoms with Gasteiger partial charge < -0.3 is 9.15 Å². The Bertz CT molecular complexity index is 1100. The molecule has 9 heteroatoms. The number of carbonyl (C=O) groups is 2. The molecule has 1 heterocycles. The van der Waals surface area contributed by atoms with Crippen molar-refractivity contribution in [3.8, 4) is 11.3 Å². The van der Waals surface area contributed by atoms with E-state index in [0.29, 0.717) is 22.6 Å². The number of esters is 1. The summed E-state index contributed by atoms with van der Waals surface area (Å²) in [7, 11) is 1.30. The number of benzene rings is 2. The van der Waals surface area contributed by atoms with E-state index in [-0.39, 0.29) is 11.3 Å². The summed E-state index contributed by atoms with van der Waals surface area (Å²) in [6, 6.07) is 15.4. The summed E-state index contributed by atoms with van der Waals surface area (Å²) >= 11 is 0. The van der Waals surface area contributed by atoms with Crippen LogP contribution in [0.5, 0.6) is 0 Å². The number of hydrogen-bond donors (Lipinski definition) is 1. The van der Waals surface area contributed by atoms with Crippen LogP contribution >= 0.6 is 0 Å². The van der Waals surface area contributed by atoms with E-state index in [0.717, 1.165) is 6.07 Å². The van der Waals surface area contributed by atoms with E-state index in [4.69, 9.17) is 9.15 Å². The maximum Gasteiger partial charge on any atom is 0.337 e. The molecule has 0 saturated carbocycles. The van der Waals surface area contributed by atoms with E-state index in [2.05, 4.69) is 10.5 Å². The van der Waals surface area contributed by atoms with Gasteiger partial charge in [-0.2, -0.15) is 5.10 Å². The number of methoxy groups -OCH3 is 1. The number of rotatable bonds is 6. The van der Waals surface area contributed by atoms with Crippen LogP contribution in [0.3, 0.4) is 0 Å². The second-order valence-corrected chi connectivity index (χ2v) is 5.78. The smallest absolute Gasteiger partial charge is 0.337 e. The summed E-state index contributed by atoms with van der Waals surface area (Å²) < 4.78 is 10.3. The molecule has 0 radical (unpaired) electrons. The molecule has 0 saturated heterocycles. The van der Waals surface area contributed by atoms with Gasteiger partial charge in [0.25, 0.3) is 11.6 Å². The van der Waals surface area contributed by atoms with Crippen molar-refractivity contribution in [2.45, 2.75) is 0 Å². The van der Waals surface area contributed by atoms with Crippen molar-refractivity contribution in [1.82, 2.24) is 5.43 Å². The van der Waals surface area contributed by atoms with Crippen LogP contribution in [0, 0.1) is 10.1 Å². The van der Waals surface area contributed by atoms with E-state index in [1.165, 1.54) is 31.5 Å². The number of non-ortho nitro benzene ring substituents is 1. The zero-order valence-electron chi connectivity index (χ0n) is 15.2. The van der Waals surface area contributed by atoms with Crippen molar-refractivity contribution in [3.05, 3.63) is 87.7 Å². The summed E-state index contributed by atoms with van der Waals surface area (Å²) in [6.45, 7) is 0. The highest BCUT2D eigenvalue weighted by Gasteiger charge is 2.11. The van der Waals surface area contributed by atoms with Gasteiger partial charge in [-0.05, 0) is 30.3 Å². The van der Waals surface area contributed by atoms with Gasteiger partial charge in [0.2, 0.25) is 0 Å². The molecule has 0 bridgehead atoms. The second-order valence-electron chi connectivity index (χ2n) is 5.78. The molecular weight excluding hydrogens is 378 g/mol. The Morgan fingerprint density at radius 3 is 2.62 bits per heavy atom. The Morgan fingerprint density at radius 1 is 1.10 bits per heavy atom. The molecule has 0 spiro atoms. The van der Waals surface area contributed by atoms with Crippen molar-refractivity contribution in [3.63, 3.8) is 0 Å². The topological polar surface area (TPSA) is 124 Å². The Hall–Kier alpha value is -4.27. The number of furan rings is 1. The lowest BCUT2D eigenvalue weighted by Gasteiger charge is -2.01. The quantitative estimate of drug-likeness (QED) is 0.296. The van der Waals surface area contributed by atoms with Gasteiger partial charge >= 0.3 is 5.97 Å². The molecular formula is C20H15N3O6. The Labute approximate surface area is 164 Å². The van der Waals surface area contributed by atoms with Crippen LogP contribution in [0.15, 0.2) is 70.2 Å². The molecule has 146 valence electrons. The molecule has 3 aromatic rings. The molecule has 0 aliphatic carbocycles. The van der Waals surface area contributed by atoms with E-state index >= 15 is 0 Å². The van der Waals surface area contributed by atoms with Crippen LogP contribution in [0.4, 0.5) is 5.69 Å². The minimum Gasteiger partial charge on any atom is -0.465 e. The van der Waals surface area contributed by atoms with Crippen LogP contribution in [0.25, 0.3) is 11.3 Å². The molecule has 3 rings (SSSR count). The second kappa shape index (κ2) is 8.61. The third-order valence-electron chi connectivity index (χ3n) is 3.87. The predicted molar refractivity (Wildman–Crippen MR) is 104 cm³/mol. The van der Waals surface area contributed by atoms with Gasteiger partial charge in [-0.3, -0.25) is 14.9 Å². The van der Waals surface area contributed by atoms with Crippen LogP contribution in [0.1, 0.15) is 26.5 Å². The fourth-order valence-corrected chi connectivity index (χ4v) is 2.47. The van der Waals surface area contributed by atoms with Gasteiger partial charge in [0.1, 0.15) is 11.5 Å². The van der Waals surface area contributed by atoms with Crippen molar-refractivity contribution in [2.75, 3.05) is 7.11 Å². The van der Waals surface area contributed by atoms with Crippen molar-refractivity contribution in [2.24, 2.45) is 5.10 Å². The lowest BCUT2D eigenvalue weighted by atomic mass is 10.1. The lowest BCUT2D eigenvalue weighted by Crippen LogP contribution is -2.17. The number of amides is 1. The number of hydrazone groups is 1. The molecule has 0 aliphatic heterocycles. The van der Waals surface area contributed by atoms with Crippen LogP contribution in [0.2, 0.25) is 0 Å². The van der Waals surface area contributed by atoms with Crippen molar-refractivity contribution < 1.29 is 23.7 Å². The summed E-state index contributed by atoms with van der Waals surface area (Å²) in [4.78, 5) is 33.9. The average Bonchev–Trinajstić information content (AvgIpc) is 3.22. The molecule has 1 aromatic heterocycles. The monoisotopic (exact) mass is 393 g/mol. The summed E-state index contributed by atoms with van der Waals surface area (Å²) in [5.41, 5.74) is 3.26. The van der Waals surface area contributed by atoms with E-state index in [9.17, 15) is 19.7 Å². The minimum absolute atomic E-state index is 0.108. The standard InChI is InChI=1S/C20H15N3O6/c1-28-20(25)15-6-2-4-13(10-15)18-9-8-17(29-18)12-21-22-19(24)14-5-3-7-16(11-14)23(26)27/h2-12H,1H3,(H,22,24)/b21-12+. The van der Waals surface area contributed by atoms with Crippen molar-refractivity contribution >= 4 is 23.8 Å². The number of nitro groups is 1. The van der Waals surface area contributed by atoms with E-state index < -0.39 is 16.8 Å². The fourth-order valence-electron chi connectivity index (χ4n) is 2.47. The molecule has 0 fully saturated rings. The van der Waals surface area contributed by atoms with Crippen LogP contribution in [-0.2, 0) is 4.74 Å². The highest BCUT2D eigenvalue weighted by molar-refractivity contribution is 5.95. The normalized spacial score (nSPS) is 10.7. The number of carbonyl (C=O) groups excluding carboxylic acids is 2. The third-order valence-corrected chi connectivity index (χ3v) is 3.87. The van der Waals surface area contributed by atoms with Gasteiger partial charge in [-0.15, -0.1) is 0 Å². The number of nitrogens with zero attached hydrogens (tertiary/aromatic N) is 2. The van der Waals surface area contributed by atoms with Gasteiger partial charge in [-0.1, -0.05) is 18.2 Å². The molecule has 0 unspecified atom stereocenters. The number of hydrogen-bond acceptors (Lipinski definition) is 7. The summed E-state index contributed by atoms with van der Waals surface area (Å²) in [6.07, 6.45) is 1.29. The molecule has 1 N–H and O–H groups in total. The lowest BCUT2D eigenvalue weighted by molar-refractivity contribution is -0.384. The molecule has 0 atom stereocenters. The zero-order valence-corrected chi connectivity index (χ0v) is 15.2. The molecule has 9 nitrogen and oxygen atoms in total. The Kier molecular flexibility index (Phi) is 5.79. The minimum atomic E-state index is -0.595. The first kappa shape index (κ1) is 19.5. The fraction of sp³-hybridized carbons (Fsp3) is 0.0500.